The van der Waals surface area contributed by atoms with Crippen molar-refractivity contribution >= 4 is 11.7 Å². The molecule has 0 saturated carbocycles. The fourth-order valence-corrected chi connectivity index (χ4v) is 1.56. The third-order valence-corrected chi connectivity index (χ3v) is 2.25. The number of nitrogens with zero attached hydrogens (tertiary/aromatic N) is 2. The second-order valence-electron chi connectivity index (χ2n) is 3.46. The molecule has 1 N–H and O–H groups in total. The van der Waals surface area contributed by atoms with Crippen molar-refractivity contribution in [2.24, 2.45) is 0 Å². The standard InChI is InChI=1S/C10H13N3O/c1-8-5-9(7-11-6-8)13-4-2-3-12-10(13)14/h5-7H,2-4H2,1H3,(H,12,14). The van der Waals surface area contributed by atoms with Crippen molar-refractivity contribution in [2.45, 2.75) is 13.3 Å². The number of amides is 2. The summed E-state index contributed by atoms with van der Waals surface area (Å²) in [6, 6.07) is 1.95. The van der Waals surface area contributed by atoms with Gasteiger partial charge >= 0.3 is 6.03 Å². The van der Waals surface area contributed by atoms with E-state index in [1.54, 1.807) is 17.3 Å². The first kappa shape index (κ1) is 8.99. The monoisotopic (exact) mass is 191 g/mol. The molecule has 14 heavy (non-hydrogen) atoms. The molecule has 0 bridgehead atoms. The third-order valence-electron chi connectivity index (χ3n) is 2.25. The number of anilines is 1. The Hall–Kier alpha value is -1.58. The van der Waals surface area contributed by atoms with E-state index >= 15 is 0 Å². The van der Waals surface area contributed by atoms with Crippen LogP contribution in [0.15, 0.2) is 18.5 Å². The second-order valence-corrected chi connectivity index (χ2v) is 3.46. The zero-order valence-electron chi connectivity index (χ0n) is 8.16. The Morgan fingerprint density at radius 3 is 3.07 bits per heavy atom. The second kappa shape index (κ2) is 3.65. The summed E-state index contributed by atoms with van der Waals surface area (Å²) in [7, 11) is 0. The molecule has 1 aromatic heterocycles. The molecule has 2 heterocycles. The van der Waals surface area contributed by atoms with Gasteiger partial charge in [-0.25, -0.2) is 4.79 Å². The first-order valence-corrected chi connectivity index (χ1v) is 4.74. The summed E-state index contributed by atoms with van der Waals surface area (Å²) in [5, 5.41) is 2.81. The number of aromatic nitrogens is 1. The lowest BCUT2D eigenvalue weighted by molar-refractivity contribution is 0.243. The van der Waals surface area contributed by atoms with Gasteiger partial charge in [-0.15, -0.1) is 0 Å². The summed E-state index contributed by atoms with van der Waals surface area (Å²) >= 11 is 0. The summed E-state index contributed by atoms with van der Waals surface area (Å²) in [4.78, 5) is 17.3. The van der Waals surface area contributed by atoms with Gasteiger partial charge < -0.3 is 5.32 Å². The van der Waals surface area contributed by atoms with E-state index in [9.17, 15) is 4.79 Å². The number of hydrogen-bond acceptors (Lipinski definition) is 2. The molecule has 4 nitrogen and oxygen atoms in total. The van der Waals surface area contributed by atoms with E-state index in [1.807, 2.05) is 13.0 Å². The van der Waals surface area contributed by atoms with Crippen molar-refractivity contribution in [3.63, 3.8) is 0 Å². The Labute approximate surface area is 82.9 Å². The minimum absolute atomic E-state index is 0.0244. The Morgan fingerprint density at radius 1 is 1.50 bits per heavy atom. The molecule has 1 aliphatic rings. The highest BCUT2D eigenvalue weighted by atomic mass is 16.2. The molecule has 1 aromatic rings. The smallest absolute Gasteiger partial charge is 0.321 e. The van der Waals surface area contributed by atoms with Crippen LogP contribution < -0.4 is 10.2 Å². The van der Waals surface area contributed by atoms with E-state index in [1.165, 1.54) is 0 Å². The number of aryl methyl sites for hydroxylation is 1. The summed E-state index contributed by atoms with van der Waals surface area (Å²) in [6.45, 7) is 3.52. The van der Waals surface area contributed by atoms with Crippen LogP contribution in [-0.2, 0) is 0 Å². The van der Waals surface area contributed by atoms with Crippen molar-refractivity contribution < 1.29 is 4.79 Å². The van der Waals surface area contributed by atoms with Crippen molar-refractivity contribution in [3.8, 4) is 0 Å². The van der Waals surface area contributed by atoms with Crippen molar-refractivity contribution in [1.29, 1.82) is 0 Å². The van der Waals surface area contributed by atoms with Crippen molar-refractivity contribution in [1.82, 2.24) is 10.3 Å². The van der Waals surface area contributed by atoms with E-state index in [0.29, 0.717) is 0 Å². The molecule has 1 saturated heterocycles. The maximum atomic E-state index is 11.5. The predicted molar refractivity (Wildman–Crippen MR) is 54.3 cm³/mol. The van der Waals surface area contributed by atoms with Crippen LogP contribution in [0.25, 0.3) is 0 Å². The Bertz CT molecular complexity index is 351. The molecule has 1 aliphatic heterocycles. The van der Waals surface area contributed by atoms with Gasteiger partial charge in [-0.1, -0.05) is 0 Å². The number of nitrogens with one attached hydrogen (secondary N) is 1. The van der Waals surface area contributed by atoms with Gasteiger partial charge in [0.05, 0.1) is 11.9 Å². The van der Waals surface area contributed by atoms with Crippen LogP contribution in [0.2, 0.25) is 0 Å². The van der Waals surface area contributed by atoms with Crippen molar-refractivity contribution in [3.05, 3.63) is 24.0 Å². The van der Waals surface area contributed by atoms with E-state index in [-0.39, 0.29) is 6.03 Å². The van der Waals surface area contributed by atoms with Crippen molar-refractivity contribution in [2.75, 3.05) is 18.0 Å². The lowest BCUT2D eigenvalue weighted by Crippen LogP contribution is -2.46. The molecule has 0 spiro atoms. The largest absolute Gasteiger partial charge is 0.338 e. The molecule has 0 unspecified atom stereocenters. The Morgan fingerprint density at radius 2 is 2.36 bits per heavy atom. The molecular formula is C10H13N3O. The van der Waals surface area contributed by atoms with E-state index < -0.39 is 0 Å². The van der Waals surface area contributed by atoms with Crippen LogP contribution in [0.5, 0.6) is 0 Å². The van der Waals surface area contributed by atoms with Gasteiger partial charge in [0.25, 0.3) is 0 Å². The zero-order valence-corrected chi connectivity index (χ0v) is 8.16. The molecule has 0 aromatic carbocycles. The summed E-state index contributed by atoms with van der Waals surface area (Å²) in [5.74, 6) is 0. The molecule has 2 amide bonds. The molecule has 2 rings (SSSR count). The highest BCUT2D eigenvalue weighted by Crippen LogP contribution is 2.16. The normalized spacial score (nSPS) is 16.6. The van der Waals surface area contributed by atoms with E-state index in [2.05, 4.69) is 10.3 Å². The molecule has 1 fully saturated rings. The van der Waals surface area contributed by atoms with Crippen LogP contribution in [0.4, 0.5) is 10.5 Å². The molecular weight excluding hydrogens is 178 g/mol. The van der Waals surface area contributed by atoms with Crippen LogP contribution in [0, 0.1) is 6.92 Å². The first-order chi connectivity index (χ1) is 6.77. The quantitative estimate of drug-likeness (QED) is 0.727. The summed E-state index contributed by atoms with van der Waals surface area (Å²) in [5.41, 5.74) is 1.95. The topological polar surface area (TPSA) is 45.2 Å². The predicted octanol–water partition coefficient (Wildman–Crippen LogP) is 1.31. The summed E-state index contributed by atoms with van der Waals surface area (Å²) in [6.07, 6.45) is 4.49. The van der Waals surface area contributed by atoms with E-state index in [0.717, 1.165) is 30.8 Å². The third kappa shape index (κ3) is 1.69. The van der Waals surface area contributed by atoms with Crippen LogP contribution >= 0.6 is 0 Å². The van der Waals surface area contributed by atoms with Gasteiger partial charge in [-0.3, -0.25) is 9.88 Å². The number of rotatable bonds is 1. The average Bonchev–Trinajstić information content (AvgIpc) is 2.18. The molecule has 0 radical (unpaired) electrons. The lowest BCUT2D eigenvalue weighted by Gasteiger charge is -2.27. The van der Waals surface area contributed by atoms with Gasteiger partial charge in [0.15, 0.2) is 0 Å². The highest BCUT2D eigenvalue weighted by Gasteiger charge is 2.18. The first-order valence-electron chi connectivity index (χ1n) is 4.74. The summed E-state index contributed by atoms with van der Waals surface area (Å²) < 4.78 is 0. The molecule has 0 aliphatic carbocycles. The molecule has 4 heteroatoms. The number of pyridine rings is 1. The lowest BCUT2D eigenvalue weighted by atomic mass is 10.2. The fraction of sp³-hybridized carbons (Fsp3) is 0.400. The van der Waals surface area contributed by atoms with Gasteiger partial charge in [-0.2, -0.15) is 0 Å². The van der Waals surface area contributed by atoms with Crippen LogP contribution in [0.3, 0.4) is 0 Å². The number of hydrogen-bond donors (Lipinski definition) is 1. The van der Waals surface area contributed by atoms with Gasteiger partial charge in [0.2, 0.25) is 0 Å². The molecule has 74 valence electrons. The number of urea groups is 1. The Balaban J connectivity index is 2.24. The van der Waals surface area contributed by atoms with E-state index in [4.69, 9.17) is 0 Å². The maximum Gasteiger partial charge on any atom is 0.321 e. The van der Waals surface area contributed by atoms with Gasteiger partial charge in [0, 0.05) is 19.3 Å². The number of carbonyl (C=O) groups excluding carboxylic acids is 1. The SMILES string of the molecule is Cc1cncc(N2CCCNC2=O)c1. The van der Waals surface area contributed by atoms with Crippen LogP contribution in [-0.4, -0.2) is 24.1 Å². The fourth-order valence-electron chi connectivity index (χ4n) is 1.56. The minimum Gasteiger partial charge on any atom is -0.338 e. The zero-order chi connectivity index (χ0) is 9.97. The average molecular weight is 191 g/mol. The Kier molecular flexibility index (Phi) is 2.35. The van der Waals surface area contributed by atoms with Gasteiger partial charge in [-0.05, 0) is 25.0 Å². The maximum absolute atomic E-state index is 11.5. The highest BCUT2D eigenvalue weighted by molar-refractivity contribution is 5.92. The van der Waals surface area contributed by atoms with Gasteiger partial charge in [0.1, 0.15) is 0 Å². The van der Waals surface area contributed by atoms with Crippen LogP contribution in [0.1, 0.15) is 12.0 Å². The number of carbonyl (C=O) groups is 1. The minimum atomic E-state index is -0.0244. The molecule has 0 atom stereocenters.